The van der Waals surface area contributed by atoms with E-state index >= 15 is 0 Å². The van der Waals surface area contributed by atoms with Crippen molar-refractivity contribution in [3.63, 3.8) is 0 Å². The number of halogens is 2. The Morgan fingerprint density at radius 3 is 2.75 bits per heavy atom. The van der Waals surface area contributed by atoms with Crippen LogP contribution in [-0.2, 0) is 4.79 Å². The lowest BCUT2D eigenvalue weighted by Crippen LogP contribution is -2.28. The van der Waals surface area contributed by atoms with Crippen molar-refractivity contribution in [2.24, 2.45) is 0 Å². The van der Waals surface area contributed by atoms with E-state index in [4.69, 9.17) is 0 Å². The van der Waals surface area contributed by atoms with Crippen LogP contribution in [0.4, 0.5) is 10.1 Å². The second-order valence-corrected chi connectivity index (χ2v) is 5.53. The van der Waals surface area contributed by atoms with Gasteiger partial charge in [-0.3, -0.25) is 10.1 Å². The van der Waals surface area contributed by atoms with E-state index in [1.54, 1.807) is 18.2 Å². The summed E-state index contributed by atoms with van der Waals surface area (Å²) in [5.74, 6) is -0.419. The summed E-state index contributed by atoms with van der Waals surface area (Å²) in [7, 11) is 0. The molecule has 20 heavy (non-hydrogen) atoms. The predicted octanol–water partition coefficient (Wildman–Crippen LogP) is 3.22. The minimum Gasteiger partial charge on any atom is -0.325 e. The van der Waals surface area contributed by atoms with E-state index < -0.39 is 0 Å². The zero-order valence-electron chi connectivity index (χ0n) is 10.5. The number of fused-ring (bicyclic) bond motifs is 1. The number of benzene rings is 2. The molecule has 1 heterocycles. The Morgan fingerprint density at radius 2 is 1.95 bits per heavy atom. The molecule has 1 aliphatic rings. The van der Waals surface area contributed by atoms with Crippen LogP contribution in [-0.4, -0.2) is 12.5 Å². The molecule has 0 fully saturated rings. The molecule has 0 spiro atoms. The van der Waals surface area contributed by atoms with Gasteiger partial charge in [0.1, 0.15) is 5.82 Å². The highest BCUT2D eigenvalue weighted by molar-refractivity contribution is 9.10. The molecule has 0 bridgehead atoms. The summed E-state index contributed by atoms with van der Waals surface area (Å²) in [6, 6.07) is 11.8. The maximum absolute atomic E-state index is 14.0. The van der Waals surface area contributed by atoms with Crippen LogP contribution in [0.25, 0.3) is 0 Å². The SMILES string of the molecule is O=C1CNC(c2ccccc2F)c2cc(Br)ccc2N1. The normalized spacial score (nSPS) is 18.1. The maximum atomic E-state index is 14.0. The fraction of sp³-hybridized carbons (Fsp3) is 0.133. The Morgan fingerprint density at radius 1 is 1.15 bits per heavy atom. The van der Waals surface area contributed by atoms with E-state index in [-0.39, 0.29) is 24.3 Å². The van der Waals surface area contributed by atoms with E-state index in [9.17, 15) is 9.18 Å². The van der Waals surface area contributed by atoms with Crippen molar-refractivity contribution in [3.8, 4) is 0 Å². The van der Waals surface area contributed by atoms with Crippen molar-refractivity contribution in [3.05, 3.63) is 63.9 Å². The van der Waals surface area contributed by atoms with Gasteiger partial charge in [-0.05, 0) is 29.8 Å². The summed E-state index contributed by atoms with van der Waals surface area (Å²) >= 11 is 3.42. The molecule has 1 aliphatic heterocycles. The summed E-state index contributed by atoms with van der Waals surface area (Å²) in [4.78, 5) is 11.7. The zero-order chi connectivity index (χ0) is 14.1. The topological polar surface area (TPSA) is 41.1 Å². The van der Waals surface area contributed by atoms with Crippen LogP contribution in [0.3, 0.4) is 0 Å². The third-order valence-corrected chi connectivity index (χ3v) is 3.77. The molecule has 1 amide bonds. The van der Waals surface area contributed by atoms with Gasteiger partial charge >= 0.3 is 0 Å². The largest absolute Gasteiger partial charge is 0.325 e. The van der Waals surface area contributed by atoms with Crippen molar-refractivity contribution in [1.29, 1.82) is 0 Å². The third kappa shape index (κ3) is 2.46. The Kier molecular flexibility index (Phi) is 3.54. The van der Waals surface area contributed by atoms with E-state index in [1.165, 1.54) is 6.07 Å². The van der Waals surface area contributed by atoms with Crippen molar-refractivity contribution in [2.45, 2.75) is 6.04 Å². The highest BCUT2D eigenvalue weighted by Crippen LogP contribution is 2.33. The molecule has 5 heteroatoms. The van der Waals surface area contributed by atoms with Gasteiger partial charge in [-0.25, -0.2) is 4.39 Å². The summed E-state index contributed by atoms with van der Waals surface area (Å²) in [5.41, 5.74) is 2.08. The van der Waals surface area contributed by atoms with Crippen LogP contribution >= 0.6 is 15.9 Å². The molecule has 2 aromatic rings. The van der Waals surface area contributed by atoms with E-state index in [1.807, 2.05) is 18.2 Å². The first kappa shape index (κ1) is 13.3. The molecule has 3 nitrogen and oxygen atoms in total. The quantitative estimate of drug-likeness (QED) is 0.840. The number of hydrogen-bond acceptors (Lipinski definition) is 2. The van der Waals surface area contributed by atoms with Crippen LogP contribution in [0.5, 0.6) is 0 Å². The monoisotopic (exact) mass is 334 g/mol. The van der Waals surface area contributed by atoms with E-state index in [0.717, 1.165) is 10.0 Å². The number of carbonyl (C=O) groups is 1. The average molecular weight is 335 g/mol. The number of nitrogens with one attached hydrogen (secondary N) is 2. The highest BCUT2D eigenvalue weighted by atomic mass is 79.9. The summed E-state index contributed by atoms with van der Waals surface area (Å²) < 4.78 is 14.9. The first-order chi connectivity index (χ1) is 9.65. The molecule has 2 N–H and O–H groups in total. The average Bonchev–Trinajstić information content (AvgIpc) is 2.58. The van der Waals surface area contributed by atoms with Gasteiger partial charge in [0.2, 0.25) is 5.91 Å². The van der Waals surface area contributed by atoms with Crippen LogP contribution in [0.1, 0.15) is 17.2 Å². The molecule has 102 valence electrons. The van der Waals surface area contributed by atoms with E-state index in [2.05, 4.69) is 26.6 Å². The standard InChI is InChI=1S/C15H12BrFN2O/c16-9-5-6-13-11(7-9)15(18-8-14(20)19-13)10-3-1-2-4-12(10)17/h1-7,15,18H,8H2,(H,19,20). The Balaban J connectivity index is 2.15. The van der Waals surface area contributed by atoms with Gasteiger partial charge in [-0.15, -0.1) is 0 Å². The first-order valence-electron chi connectivity index (χ1n) is 6.22. The Hall–Kier alpha value is -1.72. The second kappa shape index (κ2) is 5.34. The number of amides is 1. The molecule has 1 atom stereocenters. The first-order valence-corrected chi connectivity index (χ1v) is 7.01. The Labute approximate surface area is 124 Å². The van der Waals surface area contributed by atoms with Crippen LogP contribution in [0, 0.1) is 5.82 Å². The van der Waals surface area contributed by atoms with Crippen molar-refractivity contribution in [2.75, 3.05) is 11.9 Å². The second-order valence-electron chi connectivity index (χ2n) is 4.62. The molecular formula is C15H12BrFN2O. The van der Waals surface area contributed by atoms with Crippen molar-refractivity contribution in [1.82, 2.24) is 5.32 Å². The predicted molar refractivity (Wildman–Crippen MR) is 79.0 cm³/mol. The van der Waals surface area contributed by atoms with Gasteiger partial charge in [0.15, 0.2) is 0 Å². The zero-order valence-corrected chi connectivity index (χ0v) is 12.1. The number of rotatable bonds is 1. The van der Waals surface area contributed by atoms with Crippen LogP contribution in [0.15, 0.2) is 46.9 Å². The molecule has 1 unspecified atom stereocenters. The van der Waals surface area contributed by atoms with E-state index in [0.29, 0.717) is 11.3 Å². The minimum atomic E-state index is -0.359. The third-order valence-electron chi connectivity index (χ3n) is 3.28. The van der Waals surface area contributed by atoms with Gasteiger partial charge < -0.3 is 5.32 Å². The molecule has 0 aromatic heterocycles. The van der Waals surface area contributed by atoms with Gasteiger partial charge in [-0.2, -0.15) is 0 Å². The van der Waals surface area contributed by atoms with Gasteiger partial charge in [-0.1, -0.05) is 34.1 Å². The Bertz CT molecular complexity index is 675. The molecule has 0 saturated heterocycles. The summed E-state index contributed by atoms with van der Waals surface area (Å²) in [6.07, 6.45) is 0. The number of carbonyl (C=O) groups excluding carboxylic acids is 1. The molecule has 0 radical (unpaired) electrons. The highest BCUT2D eigenvalue weighted by Gasteiger charge is 2.24. The van der Waals surface area contributed by atoms with Gasteiger partial charge in [0, 0.05) is 15.7 Å². The molecule has 0 saturated carbocycles. The summed E-state index contributed by atoms with van der Waals surface area (Å²) in [5, 5.41) is 5.92. The van der Waals surface area contributed by atoms with Crippen molar-refractivity contribution >= 4 is 27.5 Å². The maximum Gasteiger partial charge on any atom is 0.238 e. The lowest BCUT2D eigenvalue weighted by atomic mass is 9.97. The molecule has 2 aromatic carbocycles. The number of anilines is 1. The summed E-state index contributed by atoms with van der Waals surface area (Å²) in [6.45, 7) is 0.144. The van der Waals surface area contributed by atoms with Crippen LogP contribution < -0.4 is 10.6 Å². The lowest BCUT2D eigenvalue weighted by molar-refractivity contribution is -0.115. The van der Waals surface area contributed by atoms with Crippen LogP contribution in [0.2, 0.25) is 0 Å². The fourth-order valence-corrected chi connectivity index (χ4v) is 2.75. The van der Waals surface area contributed by atoms with Gasteiger partial charge in [0.25, 0.3) is 0 Å². The lowest BCUT2D eigenvalue weighted by Gasteiger charge is -2.19. The number of hydrogen-bond donors (Lipinski definition) is 2. The smallest absolute Gasteiger partial charge is 0.238 e. The van der Waals surface area contributed by atoms with Gasteiger partial charge in [0.05, 0.1) is 12.6 Å². The minimum absolute atomic E-state index is 0.132. The molecular weight excluding hydrogens is 323 g/mol. The molecule has 0 aliphatic carbocycles. The fourth-order valence-electron chi connectivity index (χ4n) is 2.37. The van der Waals surface area contributed by atoms with Crippen molar-refractivity contribution < 1.29 is 9.18 Å². The molecule has 3 rings (SSSR count).